The molecule has 2 aromatic heterocycles. The Bertz CT molecular complexity index is 1030. The van der Waals surface area contributed by atoms with Gasteiger partial charge in [0.2, 0.25) is 0 Å². The first kappa shape index (κ1) is 18.9. The Morgan fingerprint density at radius 2 is 1.71 bits per heavy atom. The van der Waals surface area contributed by atoms with Crippen molar-refractivity contribution in [3.05, 3.63) is 45.8 Å². The number of nitrogens with zero attached hydrogens (tertiary/aromatic N) is 4. The first-order valence-electron chi connectivity index (χ1n) is 10.1. The van der Waals surface area contributed by atoms with E-state index in [1.165, 1.54) is 39.2 Å². The maximum absolute atomic E-state index is 5.26. The quantitative estimate of drug-likeness (QED) is 0.620. The van der Waals surface area contributed by atoms with Gasteiger partial charge in [0.15, 0.2) is 5.65 Å². The lowest BCUT2D eigenvalue weighted by atomic mass is 9.94. The van der Waals surface area contributed by atoms with Gasteiger partial charge in [-0.3, -0.25) is 0 Å². The lowest BCUT2D eigenvalue weighted by Crippen LogP contribution is -2.24. The summed E-state index contributed by atoms with van der Waals surface area (Å²) in [6.07, 6.45) is 2.05. The van der Waals surface area contributed by atoms with Gasteiger partial charge < -0.3 is 9.64 Å². The van der Waals surface area contributed by atoms with Crippen LogP contribution in [0.5, 0.6) is 0 Å². The summed E-state index contributed by atoms with van der Waals surface area (Å²) in [5.74, 6) is 1.22. The van der Waals surface area contributed by atoms with Gasteiger partial charge >= 0.3 is 0 Å². The highest BCUT2D eigenvalue weighted by atomic mass is 16.5. The molecule has 1 aliphatic heterocycles. The average molecular weight is 379 g/mol. The highest BCUT2D eigenvalue weighted by Crippen LogP contribution is 2.38. The van der Waals surface area contributed by atoms with E-state index in [1.807, 2.05) is 0 Å². The molecule has 28 heavy (non-hydrogen) atoms. The van der Waals surface area contributed by atoms with Gasteiger partial charge in [0.25, 0.3) is 0 Å². The number of hydrogen-bond donors (Lipinski definition) is 0. The highest BCUT2D eigenvalue weighted by Gasteiger charge is 2.28. The molecule has 0 atom stereocenters. The Morgan fingerprint density at radius 1 is 1.00 bits per heavy atom. The van der Waals surface area contributed by atoms with Gasteiger partial charge in [0, 0.05) is 38.1 Å². The maximum atomic E-state index is 5.26. The lowest BCUT2D eigenvalue weighted by Gasteiger charge is -2.20. The van der Waals surface area contributed by atoms with E-state index in [0.29, 0.717) is 0 Å². The van der Waals surface area contributed by atoms with Crippen LogP contribution in [0.1, 0.15) is 40.1 Å². The van der Waals surface area contributed by atoms with Crippen LogP contribution in [0.4, 0.5) is 5.82 Å². The molecule has 0 saturated heterocycles. The van der Waals surface area contributed by atoms with Gasteiger partial charge in [0.05, 0.1) is 11.3 Å². The molecule has 0 radical (unpaired) electrons. The Balaban J connectivity index is 1.92. The number of benzene rings is 1. The number of fused-ring (bicyclic) bond motifs is 3. The summed E-state index contributed by atoms with van der Waals surface area (Å²) < 4.78 is 7.35. The third-order valence-corrected chi connectivity index (χ3v) is 5.85. The second kappa shape index (κ2) is 7.21. The van der Waals surface area contributed by atoms with Gasteiger partial charge in [-0.25, -0.2) is 4.98 Å². The van der Waals surface area contributed by atoms with Crippen LogP contribution in [-0.4, -0.2) is 41.4 Å². The van der Waals surface area contributed by atoms with Gasteiger partial charge in [0.1, 0.15) is 5.82 Å². The van der Waals surface area contributed by atoms with E-state index in [-0.39, 0.29) is 0 Å². The molecule has 0 bridgehead atoms. The third kappa shape index (κ3) is 2.98. The number of ether oxygens (including phenoxy) is 1. The molecule has 0 spiro atoms. The van der Waals surface area contributed by atoms with E-state index in [9.17, 15) is 0 Å². The number of anilines is 1. The lowest BCUT2D eigenvalue weighted by molar-refractivity contribution is 0.196. The normalized spacial score (nSPS) is 13.6. The topological polar surface area (TPSA) is 42.7 Å². The van der Waals surface area contributed by atoms with Crippen molar-refractivity contribution in [2.24, 2.45) is 0 Å². The van der Waals surface area contributed by atoms with Gasteiger partial charge in [-0.15, -0.1) is 0 Å². The van der Waals surface area contributed by atoms with E-state index >= 15 is 0 Å². The molecule has 4 rings (SSSR count). The summed E-state index contributed by atoms with van der Waals surface area (Å²) in [6, 6.07) is 4.51. The molecule has 0 amide bonds. The molecule has 148 valence electrons. The van der Waals surface area contributed by atoms with Crippen LogP contribution in [0.2, 0.25) is 0 Å². The van der Waals surface area contributed by atoms with Crippen molar-refractivity contribution in [1.29, 1.82) is 0 Å². The van der Waals surface area contributed by atoms with Crippen LogP contribution in [0.3, 0.4) is 0 Å². The predicted octanol–water partition coefficient (Wildman–Crippen LogP) is 4.34. The number of aromatic nitrogens is 3. The second-order valence-electron chi connectivity index (χ2n) is 8.05. The minimum atomic E-state index is 0.782. The zero-order valence-electron chi connectivity index (χ0n) is 17.9. The summed E-state index contributed by atoms with van der Waals surface area (Å²) in [5.41, 5.74) is 10.8. The van der Waals surface area contributed by atoms with Crippen LogP contribution in [0, 0.1) is 34.6 Å². The van der Waals surface area contributed by atoms with Gasteiger partial charge in [-0.1, -0.05) is 17.7 Å². The monoisotopic (exact) mass is 378 g/mol. The van der Waals surface area contributed by atoms with E-state index in [0.717, 1.165) is 49.6 Å². The largest absolute Gasteiger partial charge is 0.385 e. The van der Waals surface area contributed by atoms with Crippen LogP contribution in [0.25, 0.3) is 16.8 Å². The van der Waals surface area contributed by atoms with Crippen molar-refractivity contribution in [1.82, 2.24) is 14.6 Å². The molecule has 0 aliphatic carbocycles. The number of methoxy groups -OCH3 is 1. The van der Waals surface area contributed by atoms with Crippen LogP contribution >= 0.6 is 0 Å². The molecule has 3 aromatic rings. The smallest absolute Gasteiger partial charge is 0.165 e. The fourth-order valence-corrected chi connectivity index (χ4v) is 4.74. The van der Waals surface area contributed by atoms with Crippen LogP contribution in [-0.2, 0) is 11.2 Å². The Morgan fingerprint density at radius 3 is 2.39 bits per heavy atom. The van der Waals surface area contributed by atoms with Crippen LogP contribution < -0.4 is 4.90 Å². The third-order valence-electron chi connectivity index (χ3n) is 5.85. The van der Waals surface area contributed by atoms with E-state index < -0.39 is 0 Å². The summed E-state index contributed by atoms with van der Waals surface area (Å²) in [7, 11) is 1.76. The molecule has 5 heteroatoms. The molecule has 0 saturated carbocycles. The van der Waals surface area contributed by atoms with Crippen molar-refractivity contribution in [3.8, 4) is 11.1 Å². The van der Waals surface area contributed by atoms with E-state index in [4.69, 9.17) is 14.8 Å². The Kier molecular flexibility index (Phi) is 4.88. The summed E-state index contributed by atoms with van der Waals surface area (Å²) in [6.45, 7) is 13.6. The summed E-state index contributed by atoms with van der Waals surface area (Å²) in [5, 5.41) is 4.97. The predicted molar refractivity (Wildman–Crippen MR) is 115 cm³/mol. The highest BCUT2D eigenvalue weighted by molar-refractivity contribution is 5.85. The minimum Gasteiger partial charge on any atom is -0.385 e. The molecular formula is C23H30N4O. The van der Waals surface area contributed by atoms with Crippen molar-refractivity contribution < 1.29 is 4.74 Å². The van der Waals surface area contributed by atoms with Gasteiger partial charge in [-0.2, -0.15) is 9.61 Å². The molecule has 0 N–H and O–H groups in total. The average Bonchev–Trinajstić information content (AvgIpc) is 3.17. The number of hydrogen-bond acceptors (Lipinski definition) is 4. The minimum absolute atomic E-state index is 0.782. The van der Waals surface area contributed by atoms with Crippen LogP contribution in [0.15, 0.2) is 12.1 Å². The molecule has 1 aromatic carbocycles. The molecule has 1 aliphatic rings. The van der Waals surface area contributed by atoms with E-state index in [1.54, 1.807) is 7.11 Å². The van der Waals surface area contributed by atoms with Crippen molar-refractivity contribution >= 4 is 11.5 Å². The molecular weight excluding hydrogens is 348 g/mol. The first-order valence-corrected chi connectivity index (χ1v) is 10.1. The molecule has 0 unspecified atom stereocenters. The zero-order valence-corrected chi connectivity index (χ0v) is 17.9. The second-order valence-corrected chi connectivity index (χ2v) is 8.05. The SMILES string of the molecule is COCCCN1CCc2c(C)nc3c(-c4c(C)cc(C)cc4C)c(C)nn3c21. The fourth-order valence-electron chi connectivity index (χ4n) is 4.74. The van der Waals surface area contributed by atoms with Crippen molar-refractivity contribution in [2.75, 3.05) is 31.7 Å². The number of aryl methyl sites for hydroxylation is 5. The molecule has 5 nitrogen and oxygen atoms in total. The van der Waals surface area contributed by atoms with Crippen molar-refractivity contribution in [2.45, 2.75) is 47.5 Å². The fraction of sp³-hybridized carbons (Fsp3) is 0.478. The standard InChI is InChI=1S/C23H30N4O/c1-14-12-15(2)20(16(3)13-14)21-18(5)25-27-22(21)24-17(4)19-8-10-26(23(19)27)9-7-11-28-6/h12-13H,7-11H2,1-6H3. The van der Waals surface area contributed by atoms with E-state index in [2.05, 4.69) is 56.2 Å². The summed E-state index contributed by atoms with van der Waals surface area (Å²) >= 11 is 0. The number of rotatable bonds is 5. The maximum Gasteiger partial charge on any atom is 0.165 e. The summed E-state index contributed by atoms with van der Waals surface area (Å²) in [4.78, 5) is 7.47. The van der Waals surface area contributed by atoms with Gasteiger partial charge in [-0.05, 0) is 64.2 Å². The van der Waals surface area contributed by atoms with Crippen molar-refractivity contribution in [3.63, 3.8) is 0 Å². The molecule has 3 heterocycles. The Hall–Kier alpha value is -2.40. The molecule has 0 fully saturated rings. The first-order chi connectivity index (χ1) is 13.4. The Labute approximate surface area is 167 Å². The zero-order chi connectivity index (χ0) is 20.0.